The molecule has 0 saturated carbocycles. The van der Waals surface area contributed by atoms with Gasteiger partial charge in [0.25, 0.3) is 0 Å². The Bertz CT molecular complexity index is 236. The molecule has 0 bridgehead atoms. The van der Waals surface area contributed by atoms with Crippen LogP contribution in [0.4, 0.5) is 0 Å². The number of nitrogens with zero attached hydrogens (tertiary/aromatic N) is 1. The second-order valence-electron chi connectivity index (χ2n) is 4.13. The van der Waals surface area contributed by atoms with Crippen LogP contribution in [0.5, 0.6) is 0 Å². The number of hydrogen-bond donors (Lipinski definition) is 0. The van der Waals surface area contributed by atoms with Gasteiger partial charge in [0.1, 0.15) is 0 Å². The molecular weight excluding hydrogens is 238 g/mol. The van der Waals surface area contributed by atoms with Gasteiger partial charge in [-0.15, -0.1) is 0 Å². The van der Waals surface area contributed by atoms with Crippen LogP contribution in [0.3, 0.4) is 0 Å². The summed E-state index contributed by atoms with van der Waals surface area (Å²) in [5, 5.41) is 0. The first-order chi connectivity index (χ1) is 8.15. The number of hydrogen-bond acceptors (Lipinski definition) is 5. The maximum Gasteiger partial charge on any atom is 0.500 e. The van der Waals surface area contributed by atoms with Gasteiger partial charge in [-0.25, -0.2) is 0 Å². The van der Waals surface area contributed by atoms with Crippen LogP contribution in [-0.2, 0) is 18.0 Å². The molecule has 1 heterocycles. The zero-order valence-electron chi connectivity index (χ0n) is 11.0. The van der Waals surface area contributed by atoms with Crippen molar-refractivity contribution in [3.63, 3.8) is 0 Å². The molecule has 0 aromatic carbocycles. The topological polar surface area (TPSA) is 40.2 Å². The quantitative estimate of drug-likeness (QED) is 0.693. The highest BCUT2D eigenvalue weighted by molar-refractivity contribution is 6.60. The Morgan fingerprint density at radius 3 is 2.76 bits per heavy atom. The third kappa shape index (κ3) is 4.40. The van der Waals surface area contributed by atoms with Crippen molar-refractivity contribution in [3.8, 4) is 0 Å². The Hall–Kier alpha value is -0.403. The lowest BCUT2D eigenvalue weighted by Gasteiger charge is -2.34. The van der Waals surface area contributed by atoms with Gasteiger partial charge >= 0.3 is 8.80 Å². The molecule has 0 radical (unpaired) electrons. The molecule has 1 unspecified atom stereocenters. The average molecular weight is 261 g/mol. The summed E-state index contributed by atoms with van der Waals surface area (Å²) < 4.78 is 22.6. The molecule has 0 amide bonds. The normalized spacial score (nSPS) is 24.8. The number of ether oxygens (including phenoxy) is 1. The standard InChI is InChI=1S/C11H23NO4Si/c1-5-12(2)9-11-10-15-7-6-8-17(13-3,14-4)16-11/h5,11H,1,6-10H2,2-4H3. The van der Waals surface area contributed by atoms with E-state index in [1.54, 1.807) is 20.4 Å². The van der Waals surface area contributed by atoms with Gasteiger partial charge in [0.2, 0.25) is 0 Å². The van der Waals surface area contributed by atoms with Gasteiger partial charge in [-0.1, -0.05) is 6.58 Å². The summed E-state index contributed by atoms with van der Waals surface area (Å²) in [5.74, 6) is 0. The lowest BCUT2D eigenvalue weighted by atomic mass is 10.3. The average Bonchev–Trinajstić information content (AvgIpc) is 2.33. The first-order valence-electron chi connectivity index (χ1n) is 5.84. The van der Waals surface area contributed by atoms with Gasteiger partial charge in [0.05, 0.1) is 12.7 Å². The van der Waals surface area contributed by atoms with Crippen molar-refractivity contribution in [3.05, 3.63) is 12.8 Å². The minimum atomic E-state index is -2.50. The Balaban J connectivity index is 2.64. The number of rotatable bonds is 5. The smallest absolute Gasteiger partial charge is 0.379 e. The Kier molecular flexibility index (Phi) is 6.14. The SMILES string of the molecule is C=CN(C)CC1COCCC[Si](OC)(OC)O1. The molecule has 1 aliphatic heterocycles. The third-order valence-electron chi connectivity index (χ3n) is 2.85. The van der Waals surface area contributed by atoms with E-state index in [1.165, 1.54) is 0 Å². The molecule has 1 fully saturated rings. The summed E-state index contributed by atoms with van der Waals surface area (Å²) in [5.41, 5.74) is 0. The first kappa shape index (κ1) is 14.7. The summed E-state index contributed by atoms with van der Waals surface area (Å²) >= 11 is 0. The van der Waals surface area contributed by atoms with Crippen LogP contribution in [0.15, 0.2) is 12.8 Å². The molecule has 5 nitrogen and oxygen atoms in total. The maximum absolute atomic E-state index is 6.03. The highest BCUT2D eigenvalue weighted by Gasteiger charge is 2.42. The monoisotopic (exact) mass is 261 g/mol. The predicted octanol–water partition coefficient (Wildman–Crippen LogP) is 1.10. The van der Waals surface area contributed by atoms with Crippen LogP contribution in [0.1, 0.15) is 6.42 Å². The van der Waals surface area contributed by atoms with Crippen LogP contribution < -0.4 is 0 Å². The third-order valence-corrected chi connectivity index (χ3v) is 5.75. The van der Waals surface area contributed by atoms with Gasteiger partial charge < -0.3 is 22.9 Å². The van der Waals surface area contributed by atoms with E-state index < -0.39 is 8.80 Å². The van der Waals surface area contributed by atoms with Crippen molar-refractivity contribution >= 4 is 8.80 Å². The van der Waals surface area contributed by atoms with E-state index >= 15 is 0 Å². The fourth-order valence-corrected chi connectivity index (χ4v) is 3.93. The van der Waals surface area contributed by atoms with Crippen LogP contribution in [0.25, 0.3) is 0 Å². The van der Waals surface area contributed by atoms with Gasteiger partial charge in [-0.2, -0.15) is 0 Å². The molecule has 1 saturated heterocycles. The van der Waals surface area contributed by atoms with Crippen molar-refractivity contribution in [1.29, 1.82) is 0 Å². The lowest BCUT2D eigenvalue weighted by molar-refractivity contribution is -0.0211. The molecule has 100 valence electrons. The van der Waals surface area contributed by atoms with E-state index in [4.69, 9.17) is 18.0 Å². The van der Waals surface area contributed by atoms with E-state index in [9.17, 15) is 0 Å². The highest BCUT2D eigenvalue weighted by Crippen LogP contribution is 2.21. The molecule has 0 aromatic heterocycles. The fraction of sp³-hybridized carbons (Fsp3) is 0.818. The highest BCUT2D eigenvalue weighted by atomic mass is 28.4. The molecule has 1 atom stereocenters. The Morgan fingerprint density at radius 2 is 2.18 bits per heavy atom. The van der Waals surface area contributed by atoms with Crippen LogP contribution in [0.2, 0.25) is 6.04 Å². The molecule has 1 rings (SSSR count). The van der Waals surface area contributed by atoms with Crippen molar-refractivity contribution in [2.45, 2.75) is 18.6 Å². The van der Waals surface area contributed by atoms with Gasteiger partial charge in [0, 0.05) is 40.5 Å². The summed E-state index contributed by atoms with van der Waals surface area (Å²) in [6, 6.07) is 0.800. The predicted molar refractivity (Wildman–Crippen MR) is 67.7 cm³/mol. The number of likely N-dealkylation sites (N-methyl/N-ethyl adjacent to an activating group) is 1. The van der Waals surface area contributed by atoms with Gasteiger partial charge in [-0.05, 0) is 12.6 Å². The molecule has 0 aliphatic carbocycles. The van der Waals surface area contributed by atoms with E-state index in [1.807, 2.05) is 11.9 Å². The molecule has 1 aliphatic rings. The fourth-order valence-electron chi connectivity index (χ4n) is 1.82. The molecule has 0 spiro atoms. The largest absolute Gasteiger partial charge is 0.500 e. The summed E-state index contributed by atoms with van der Waals surface area (Å²) in [7, 11) is 2.78. The second kappa shape index (κ2) is 7.12. The molecule has 0 aromatic rings. The summed E-state index contributed by atoms with van der Waals surface area (Å²) in [6.45, 7) is 5.75. The molecule has 6 heteroatoms. The second-order valence-corrected chi connectivity index (χ2v) is 7.05. The van der Waals surface area contributed by atoms with Gasteiger partial charge in [-0.3, -0.25) is 0 Å². The molecule has 17 heavy (non-hydrogen) atoms. The summed E-state index contributed by atoms with van der Waals surface area (Å²) in [4.78, 5) is 1.97. The molecular formula is C11H23NO4Si. The lowest BCUT2D eigenvalue weighted by Crippen LogP contribution is -2.51. The Morgan fingerprint density at radius 1 is 1.47 bits per heavy atom. The van der Waals surface area contributed by atoms with Crippen molar-refractivity contribution in [2.24, 2.45) is 0 Å². The maximum atomic E-state index is 6.03. The van der Waals surface area contributed by atoms with E-state index in [0.717, 1.165) is 25.6 Å². The van der Waals surface area contributed by atoms with E-state index in [2.05, 4.69) is 6.58 Å². The van der Waals surface area contributed by atoms with Crippen LogP contribution >= 0.6 is 0 Å². The van der Waals surface area contributed by atoms with Crippen molar-refractivity contribution < 1.29 is 18.0 Å². The summed E-state index contributed by atoms with van der Waals surface area (Å²) in [6.07, 6.45) is 2.65. The van der Waals surface area contributed by atoms with E-state index in [-0.39, 0.29) is 6.10 Å². The zero-order valence-corrected chi connectivity index (χ0v) is 12.0. The van der Waals surface area contributed by atoms with E-state index in [0.29, 0.717) is 6.61 Å². The van der Waals surface area contributed by atoms with Crippen LogP contribution in [0, 0.1) is 0 Å². The first-order valence-corrected chi connectivity index (χ1v) is 7.77. The Labute approximate surface area is 105 Å². The van der Waals surface area contributed by atoms with Gasteiger partial charge in [0.15, 0.2) is 0 Å². The molecule has 0 N–H and O–H groups in total. The zero-order chi connectivity index (χ0) is 12.7. The van der Waals surface area contributed by atoms with Crippen molar-refractivity contribution in [1.82, 2.24) is 4.90 Å². The minimum Gasteiger partial charge on any atom is -0.379 e. The van der Waals surface area contributed by atoms with Crippen LogP contribution in [-0.4, -0.2) is 60.8 Å². The minimum absolute atomic E-state index is 0.0372. The van der Waals surface area contributed by atoms with Crippen molar-refractivity contribution in [2.75, 3.05) is 41.0 Å².